The number of rotatable bonds is 12. The van der Waals surface area contributed by atoms with Gasteiger partial charge in [-0.15, -0.1) is 30.6 Å². The molecule has 366 valence electrons. The molecule has 5 nitrogen and oxygen atoms in total. The zero-order valence-electron chi connectivity index (χ0n) is 43.0. The van der Waals surface area contributed by atoms with Crippen LogP contribution in [0.5, 0.6) is 5.75 Å². The van der Waals surface area contributed by atoms with Crippen LogP contribution in [0.4, 0.5) is 11.4 Å². The summed E-state index contributed by atoms with van der Waals surface area (Å²) in [5.41, 5.74) is 20.6. The Balaban J connectivity index is 0.000000192. The summed E-state index contributed by atoms with van der Waals surface area (Å²) in [6, 6.07) is 69.7. The van der Waals surface area contributed by atoms with Crippen molar-refractivity contribution in [2.45, 2.75) is 79.1 Å². The van der Waals surface area contributed by atoms with Gasteiger partial charge in [-0.05, 0) is 104 Å². The molecule has 0 radical (unpaired) electrons. The maximum absolute atomic E-state index is 10.6. The zero-order valence-corrected chi connectivity index (χ0v) is 45.4. The smallest absolute Gasteiger partial charge is 0.506 e. The molecule has 1 N–H and O–H groups in total. The maximum Gasteiger partial charge on any atom is 3.00 e. The first-order chi connectivity index (χ1) is 34.9. The Hall–Kier alpha value is -7.37. The fourth-order valence-electron chi connectivity index (χ4n) is 9.59. The van der Waals surface area contributed by atoms with Crippen molar-refractivity contribution in [1.82, 2.24) is 9.97 Å². The molecule has 3 heterocycles. The topological polar surface area (TPSA) is 52.5 Å². The fraction of sp³-hybridized carbons (Fsp3) is 0.179. The van der Waals surface area contributed by atoms with E-state index in [2.05, 4.69) is 192 Å². The first-order valence-electron chi connectivity index (χ1n) is 25.2. The van der Waals surface area contributed by atoms with Crippen LogP contribution in [0.1, 0.15) is 107 Å². The molecule has 0 amide bonds. The molecule has 0 bridgehead atoms. The van der Waals surface area contributed by atoms with Gasteiger partial charge in [0.25, 0.3) is 0 Å². The second-order valence-electron chi connectivity index (χ2n) is 19.7. The summed E-state index contributed by atoms with van der Waals surface area (Å²) in [4.78, 5) is 13.5. The van der Waals surface area contributed by atoms with Crippen LogP contribution in [0.2, 0.25) is 0 Å². The van der Waals surface area contributed by atoms with E-state index < -0.39 is 0 Å². The fourth-order valence-corrected chi connectivity index (χ4v) is 9.59. The van der Waals surface area contributed by atoms with Crippen LogP contribution in [0.15, 0.2) is 201 Å². The van der Waals surface area contributed by atoms with E-state index in [1.54, 1.807) is 6.07 Å². The van der Waals surface area contributed by atoms with Crippen molar-refractivity contribution < 1.29 is 25.2 Å². The Bertz CT molecular complexity index is 3170. The Kier molecular flexibility index (Phi) is 16.7. The van der Waals surface area contributed by atoms with Crippen LogP contribution in [-0.2, 0) is 20.1 Å². The normalized spacial score (nSPS) is 12.2. The Morgan fingerprint density at radius 2 is 0.918 bits per heavy atom. The van der Waals surface area contributed by atoms with Crippen molar-refractivity contribution in [3.63, 3.8) is 0 Å². The molecule has 0 fully saturated rings. The van der Waals surface area contributed by atoms with E-state index in [0.29, 0.717) is 23.7 Å². The number of phenolic OH excluding ortho intramolecular Hbond substituents is 1. The molecule has 10 rings (SSSR count). The van der Waals surface area contributed by atoms with Gasteiger partial charge in [0.15, 0.2) is 0 Å². The summed E-state index contributed by atoms with van der Waals surface area (Å²) >= 11 is 0. The van der Waals surface area contributed by atoms with E-state index in [-0.39, 0.29) is 25.9 Å². The van der Waals surface area contributed by atoms with Crippen LogP contribution in [-0.4, -0.2) is 15.1 Å². The van der Waals surface area contributed by atoms with Crippen LogP contribution in [0, 0.1) is 18.8 Å². The van der Waals surface area contributed by atoms with Crippen LogP contribution >= 0.6 is 0 Å². The van der Waals surface area contributed by atoms with Crippen molar-refractivity contribution in [2.24, 2.45) is 0 Å². The molecule has 7 aromatic carbocycles. The standard InChI is InChI=1S/C34H31N2.C33H32N2O.Ir/c1-23(2)30-21-26(25-12-6-5-7-13-25)22-31(24(3)4)34(30)29-19-27(32-14-8-10-16-35-32)18-28(20-29)33-15-9-11-17-36-33;1-23(2)28-19-26(25-13-7-5-8-14-25)20-29(24(3)4)33(28)31-21-34(30-17-11-12-18-32(30)36)22-35(31)27-15-9-6-10-16-27;/h5-17,19-24H,1-4H3;5-15,17-24,36H,1-4H3;/q-1;-2;+3. The van der Waals surface area contributed by atoms with Crippen molar-refractivity contribution in [3.8, 4) is 61.6 Å². The second kappa shape index (κ2) is 23.5. The van der Waals surface area contributed by atoms with E-state index in [4.69, 9.17) is 0 Å². The Morgan fingerprint density at radius 3 is 1.36 bits per heavy atom. The first kappa shape index (κ1) is 52.0. The quantitative estimate of drug-likeness (QED) is 0.124. The molecule has 0 saturated heterocycles. The summed E-state index contributed by atoms with van der Waals surface area (Å²) in [6.07, 6.45) is 5.80. The van der Waals surface area contributed by atoms with Gasteiger partial charge >= 0.3 is 20.1 Å². The first-order valence-corrected chi connectivity index (χ1v) is 25.2. The monoisotopic (exact) mass is 1130 g/mol. The van der Waals surface area contributed by atoms with Crippen LogP contribution in [0.3, 0.4) is 0 Å². The van der Waals surface area contributed by atoms with E-state index in [1.165, 1.54) is 61.2 Å². The molecule has 9 aromatic rings. The second-order valence-corrected chi connectivity index (χ2v) is 19.7. The minimum Gasteiger partial charge on any atom is -0.506 e. The average Bonchev–Trinajstić information content (AvgIpc) is 3.86. The molecule has 0 saturated carbocycles. The Morgan fingerprint density at radius 1 is 0.466 bits per heavy atom. The molecule has 1 aliphatic heterocycles. The van der Waals surface area contributed by atoms with Gasteiger partial charge < -0.3 is 14.9 Å². The third-order valence-corrected chi connectivity index (χ3v) is 13.3. The molecular formula is C67H63IrN4O. The predicted molar refractivity (Wildman–Crippen MR) is 301 cm³/mol. The number of benzene rings is 7. The summed E-state index contributed by atoms with van der Waals surface area (Å²) in [5, 5.41) is 10.6. The Labute approximate surface area is 447 Å². The van der Waals surface area contributed by atoms with E-state index in [1.807, 2.05) is 96.8 Å². The van der Waals surface area contributed by atoms with Gasteiger partial charge in [-0.1, -0.05) is 193 Å². The number of phenols is 1. The summed E-state index contributed by atoms with van der Waals surface area (Å²) < 4.78 is 0. The third-order valence-electron chi connectivity index (χ3n) is 13.3. The number of hydrogen-bond acceptors (Lipinski definition) is 5. The van der Waals surface area contributed by atoms with E-state index in [0.717, 1.165) is 39.6 Å². The minimum absolute atomic E-state index is 0. The SMILES string of the molecule is CC(C)c1cc(-c2ccccc2)cc(C(C)C)c1-c1cc(-c2ccccn2)[c-]c(-c2ccccn2)c1.CC(C)c1cc(-c2ccccc2)cc(C(C)C)c1C1=CN(c2ccccc2O)[CH-]N1c1[c-]cccc1.[Ir+3]. The number of aromatic hydroxyl groups is 1. The number of para-hydroxylation sites is 3. The molecule has 73 heavy (non-hydrogen) atoms. The van der Waals surface area contributed by atoms with Gasteiger partial charge in [0, 0.05) is 35.0 Å². The number of pyridine rings is 2. The molecule has 2 aromatic heterocycles. The molecular weight excluding hydrogens is 1070 g/mol. The molecule has 0 atom stereocenters. The van der Waals surface area contributed by atoms with E-state index >= 15 is 0 Å². The van der Waals surface area contributed by atoms with E-state index in [9.17, 15) is 5.11 Å². The number of aromatic nitrogens is 2. The third kappa shape index (κ3) is 11.6. The van der Waals surface area contributed by atoms with Crippen molar-refractivity contribution >= 4 is 17.1 Å². The maximum atomic E-state index is 10.6. The summed E-state index contributed by atoms with van der Waals surface area (Å²) in [6.45, 7) is 20.2. The van der Waals surface area contributed by atoms with Gasteiger partial charge in [0.1, 0.15) is 5.75 Å². The molecule has 0 spiro atoms. The predicted octanol–water partition coefficient (Wildman–Crippen LogP) is 17.7. The average molecular weight is 1130 g/mol. The largest absolute Gasteiger partial charge is 3.00 e. The van der Waals surface area contributed by atoms with Gasteiger partial charge in [-0.25, -0.2) is 0 Å². The number of hydrogen-bond donors (Lipinski definition) is 1. The number of anilines is 2. The van der Waals surface area contributed by atoms with Gasteiger partial charge in [0.2, 0.25) is 0 Å². The van der Waals surface area contributed by atoms with Crippen molar-refractivity contribution in [3.05, 3.63) is 247 Å². The molecule has 0 unspecified atom stereocenters. The van der Waals surface area contributed by atoms with Gasteiger partial charge in [0.05, 0.1) is 5.69 Å². The van der Waals surface area contributed by atoms with Crippen LogP contribution in [0.25, 0.3) is 61.6 Å². The summed E-state index contributed by atoms with van der Waals surface area (Å²) in [5.74, 6) is 1.62. The molecule has 1 aliphatic rings. The number of nitrogens with zero attached hydrogens (tertiary/aromatic N) is 4. The minimum atomic E-state index is 0. The summed E-state index contributed by atoms with van der Waals surface area (Å²) in [7, 11) is 0. The van der Waals surface area contributed by atoms with Gasteiger partial charge in [-0.2, -0.15) is 30.3 Å². The zero-order chi connectivity index (χ0) is 50.3. The molecule has 6 heteroatoms. The van der Waals surface area contributed by atoms with Crippen molar-refractivity contribution in [1.29, 1.82) is 0 Å². The van der Waals surface area contributed by atoms with Crippen LogP contribution < -0.4 is 9.80 Å². The van der Waals surface area contributed by atoms with Gasteiger partial charge in [-0.3, -0.25) is 9.97 Å². The molecule has 0 aliphatic carbocycles. The van der Waals surface area contributed by atoms with Crippen molar-refractivity contribution in [2.75, 3.05) is 9.80 Å².